The first-order valence-electron chi connectivity index (χ1n) is 12.5. The molecule has 2 aliphatic rings. The number of nitrogens with one attached hydrogen (secondary N) is 1. The maximum absolute atomic E-state index is 13.9. The summed E-state index contributed by atoms with van der Waals surface area (Å²) >= 11 is 5.58. The van der Waals surface area contributed by atoms with Gasteiger partial charge in [-0.3, -0.25) is 23.7 Å². The zero-order valence-corrected chi connectivity index (χ0v) is 25.5. The molecule has 3 amide bonds. The van der Waals surface area contributed by atoms with Crippen LogP contribution in [0.2, 0.25) is 0 Å². The van der Waals surface area contributed by atoms with Gasteiger partial charge in [0, 0.05) is 21.0 Å². The number of primary sulfonamides is 1. The van der Waals surface area contributed by atoms with E-state index in [-0.39, 0.29) is 23.3 Å². The summed E-state index contributed by atoms with van der Waals surface area (Å²) in [5.41, 5.74) is 1.56. The summed E-state index contributed by atoms with van der Waals surface area (Å²) in [4.78, 5) is 55.3. The van der Waals surface area contributed by atoms with Crippen molar-refractivity contribution >= 4 is 78.1 Å². The molecule has 0 radical (unpaired) electrons. The molecule has 6 rings (SSSR count). The fraction of sp³-hybridized carbons (Fsp3) is 0.143. The second-order valence-corrected chi connectivity index (χ2v) is 14.3. The standard InChI is InChI=1S/C28H21BrN4O6S3/c29-16-6-4-5-15(13-16)21-22-23(26(36)33(25(22)35)18-7-2-1-3-8-18)40-27-24(21)41-28(37)32(27)14-20(34)31-17-9-11-19(12-10-17)42(30,38)39/h1-13,21-23H,14H2,(H,31,34)(H2,30,38,39). The molecule has 3 atom stereocenters. The van der Waals surface area contributed by atoms with Crippen LogP contribution >= 0.6 is 39.0 Å². The van der Waals surface area contributed by atoms with Crippen LogP contribution in [0.15, 0.2) is 98.1 Å². The van der Waals surface area contributed by atoms with Gasteiger partial charge in [0.2, 0.25) is 27.7 Å². The summed E-state index contributed by atoms with van der Waals surface area (Å²) in [7, 11) is -3.89. The normalized spacial score (nSPS) is 19.9. The number of carbonyl (C=O) groups excluding carboxylic acids is 3. The van der Waals surface area contributed by atoms with E-state index in [1.165, 1.54) is 33.7 Å². The van der Waals surface area contributed by atoms with Gasteiger partial charge in [-0.25, -0.2) is 18.5 Å². The van der Waals surface area contributed by atoms with Gasteiger partial charge in [-0.1, -0.05) is 69.4 Å². The number of nitrogens with zero attached hydrogens (tertiary/aromatic N) is 2. The van der Waals surface area contributed by atoms with Crippen molar-refractivity contribution in [1.29, 1.82) is 0 Å². The summed E-state index contributed by atoms with van der Waals surface area (Å²) in [6.45, 7) is -0.346. The first kappa shape index (κ1) is 28.6. The Morgan fingerprint density at radius 1 is 0.952 bits per heavy atom. The molecule has 3 aromatic carbocycles. The summed E-state index contributed by atoms with van der Waals surface area (Å²) in [6, 6.07) is 21.5. The fourth-order valence-corrected chi connectivity index (χ4v) is 8.92. The van der Waals surface area contributed by atoms with Crippen molar-refractivity contribution in [3.63, 3.8) is 0 Å². The highest BCUT2D eigenvalue weighted by Gasteiger charge is 2.56. The molecule has 3 N–H and O–H groups in total. The number of hydrogen-bond donors (Lipinski definition) is 2. The second-order valence-electron chi connectivity index (χ2n) is 9.69. The van der Waals surface area contributed by atoms with Crippen LogP contribution in [0.25, 0.3) is 0 Å². The number of hydrogen-bond acceptors (Lipinski definition) is 8. The number of halogens is 1. The van der Waals surface area contributed by atoms with Crippen LogP contribution in [0.4, 0.5) is 11.4 Å². The van der Waals surface area contributed by atoms with E-state index in [0.717, 1.165) is 33.1 Å². The number of nitrogens with two attached hydrogens (primary N) is 1. The van der Waals surface area contributed by atoms with Crippen molar-refractivity contribution in [3.05, 3.63) is 103 Å². The predicted molar refractivity (Wildman–Crippen MR) is 163 cm³/mol. The first-order valence-corrected chi connectivity index (χ1v) is 16.6. The third-order valence-corrected chi connectivity index (χ3v) is 11.1. The summed E-state index contributed by atoms with van der Waals surface area (Å²) in [5, 5.41) is 7.45. The monoisotopic (exact) mass is 684 g/mol. The Balaban J connectivity index is 1.37. The van der Waals surface area contributed by atoms with Gasteiger partial charge >= 0.3 is 4.87 Å². The van der Waals surface area contributed by atoms with Crippen LogP contribution in [-0.4, -0.2) is 36.0 Å². The minimum Gasteiger partial charge on any atom is -0.325 e. The third kappa shape index (κ3) is 5.13. The van der Waals surface area contributed by atoms with Crippen LogP contribution in [0.1, 0.15) is 16.4 Å². The number of imide groups is 1. The Kier molecular flexibility index (Phi) is 7.43. The van der Waals surface area contributed by atoms with Crippen LogP contribution < -0.4 is 20.2 Å². The lowest BCUT2D eigenvalue weighted by Gasteiger charge is -2.30. The Hall–Kier alpha value is -3.56. The Labute approximate surface area is 256 Å². The van der Waals surface area contributed by atoms with Gasteiger partial charge in [-0.05, 0) is 54.1 Å². The molecule has 14 heteroatoms. The summed E-state index contributed by atoms with van der Waals surface area (Å²) in [5.74, 6) is -2.57. The molecule has 1 aromatic heterocycles. The van der Waals surface area contributed by atoms with Crippen molar-refractivity contribution in [2.24, 2.45) is 11.1 Å². The van der Waals surface area contributed by atoms with Gasteiger partial charge in [0.1, 0.15) is 11.8 Å². The molecular weight excluding hydrogens is 664 g/mol. The summed E-state index contributed by atoms with van der Waals surface area (Å²) in [6.07, 6.45) is 0. The molecule has 1 saturated heterocycles. The number of anilines is 2. The Morgan fingerprint density at radius 3 is 2.33 bits per heavy atom. The maximum Gasteiger partial charge on any atom is 0.308 e. The van der Waals surface area contributed by atoms with E-state index in [0.29, 0.717) is 21.3 Å². The number of carbonyl (C=O) groups is 3. The molecule has 4 aromatic rings. The van der Waals surface area contributed by atoms with Crippen LogP contribution in [-0.2, 0) is 31.0 Å². The van der Waals surface area contributed by atoms with Crippen molar-refractivity contribution in [2.45, 2.75) is 27.6 Å². The lowest BCUT2D eigenvalue weighted by atomic mass is 9.83. The van der Waals surface area contributed by atoms with Crippen LogP contribution in [0.3, 0.4) is 0 Å². The van der Waals surface area contributed by atoms with E-state index in [1.807, 2.05) is 24.3 Å². The number of thioether (sulfide) groups is 1. The van der Waals surface area contributed by atoms with Crippen LogP contribution in [0.5, 0.6) is 0 Å². The number of benzene rings is 3. The molecule has 3 heterocycles. The second kappa shape index (κ2) is 10.9. The van der Waals surface area contributed by atoms with Crippen molar-refractivity contribution in [3.8, 4) is 0 Å². The van der Waals surface area contributed by atoms with E-state index in [4.69, 9.17) is 5.14 Å². The number of aromatic nitrogens is 1. The largest absolute Gasteiger partial charge is 0.325 e. The number of thiazole rings is 1. The van der Waals surface area contributed by atoms with Gasteiger partial charge in [-0.2, -0.15) is 0 Å². The van der Waals surface area contributed by atoms with Gasteiger partial charge in [-0.15, -0.1) is 0 Å². The van der Waals surface area contributed by atoms with Crippen LogP contribution in [0, 0.1) is 5.92 Å². The third-order valence-electron chi connectivity index (χ3n) is 7.04. The molecule has 0 bridgehead atoms. The minimum absolute atomic E-state index is 0.103. The molecule has 0 spiro atoms. The van der Waals surface area contributed by atoms with Crippen molar-refractivity contribution < 1.29 is 22.8 Å². The van der Waals surface area contributed by atoms with E-state index >= 15 is 0 Å². The zero-order chi connectivity index (χ0) is 29.8. The highest BCUT2D eigenvalue weighted by Crippen LogP contribution is 2.54. The SMILES string of the molecule is NS(=O)(=O)c1ccc(NC(=O)Cn2c3c(sc2=O)C(c2cccc(Br)c2)C2C(=O)N(c4ccccc4)C(=O)C2S3)cc1. The van der Waals surface area contributed by atoms with Gasteiger partial charge in [0.05, 0.1) is 21.5 Å². The average molecular weight is 686 g/mol. The summed E-state index contributed by atoms with van der Waals surface area (Å²) < 4.78 is 25.2. The number of fused-ring (bicyclic) bond motifs is 2. The van der Waals surface area contributed by atoms with Gasteiger partial charge in [0.15, 0.2) is 0 Å². The first-order chi connectivity index (χ1) is 20.0. The van der Waals surface area contributed by atoms with E-state index in [1.54, 1.807) is 30.3 Å². The Morgan fingerprint density at radius 2 is 1.67 bits per heavy atom. The molecule has 0 saturated carbocycles. The number of rotatable bonds is 6. The molecule has 10 nitrogen and oxygen atoms in total. The number of para-hydroxylation sites is 1. The van der Waals surface area contributed by atoms with E-state index < -0.39 is 37.9 Å². The fourth-order valence-electron chi connectivity index (χ4n) is 5.22. The zero-order valence-electron chi connectivity index (χ0n) is 21.5. The number of amides is 3. The molecule has 214 valence electrons. The lowest BCUT2D eigenvalue weighted by Crippen LogP contribution is -2.33. The average Bonchev–Trinajstić information content (AvgIpc) is 3.39. The Bertz CT molecular complexity index is 1910. The lowest BCUT2D eigenvalue weighted by molar-refractivity contribution is -0.122. The van der Waals surface area contributed by atoms with E-state index in [2.05, 4.69) is 21.2 Å². The minimum atomic E-state index is -3.89. The molecule has 3 unspecified atom stereocenters. The molecule has 2 aliphatic heterocycles. The maximum atomic E-state index is 13.9. The molecule has 1 fully saturated rings. The van der Waals surface area contributed by atoms with Crippen molar-refractivity contribution in [2.75, 3.05) is 10.2 Å². The highest BCUT2D eigenvalue weighted by atomic mass is 79.9. The van der Waals surface area contributed by atoms with Gasteiger partial charge in [0.25, 0.3) is 0 Å². The highest BCUT2D eigenvalue weighted by molar-refractivity contribution is 9.10. The van der Waals surface area contributed by atoms with Gasteiger partial charge < -0.3 is 5.32 Å². The molecule has 42 heavy (non-hydrogen) atoms. The van der Waals surface area contributed by atoms with E-state index in [9.17, 15) is 27.6 Å². The quantitative estimate of drug-likeness (QED) is 0.294. The molecular formula is C28H21BrN4O6S3. The topological polar surface area (TPSA) is 149 Å². The molecule has 0 aliphatic carbocycles. The van der Waals surface area contributed by atoms with Crippen molar-refractivity contribution in [1.82, 2.24) is 4.57 Å². The smallest absolute Gasteiger partial charge is 0.308 e. The predicted octanol–water partition coefficient (Wildman–Crippen LogP) is 3.75. The number of sulfonamides is 1.